The number of halogens is 3. The molecule has 138 valence electrons. The molecule has 0 aliphatic carbocycles. The lowest BCUT2D eigenvalue weighted by Crippen LogP contribution is -2.35. The molecule has 2 rings (SSSR count). The Morgan fingerprint density at radius 1 is 1.08 bits per heavy atom. The maximum atomic E-state index is 12.3. The number of nitrogens with one attached hydrogen (secondary N) is 1. The second-order valence-electron chi connectivity index (χ2n) is 5.30. The molecule has 0 saturated carbocycles. The van der Waals surface area contributed by atoms with Gasteiger partial charge in [0.15, 0.2) is 6.10 Å². The van der Waals surface area contributed by atoms with Crippen molar-refractivity contribution in [2.45, 2.75) is 19.6 Å². The van der Waals surface area contributed by atoms with E-state index in [9.17, 15) is 9.59 Å². The van der Waals surface area contributed by atoms with Crippen LogP contribution in [0.2, 0.25) is 15.1 Å². The minimum Gasteiger partial charge on any atom is -0.496 e. The molecule has 0 aliphatic rings. The maximum absolute atomic E-state index is 12.3. The van der Waals surface area contributed by atoms with Crippen molar-refractivity contribution >= 4 is 46.7 Å². The summed E-state index contributed by atoms with van der Waals surface area (Å²) < 4.78 is 10.4. The monoisotopic (exact) mass is 415 g/mol. The fourth-order valence-corrected chi connectivity index (χ4v) is 2.84. The molecule has 0 aliphatic heterocycles. The van der Waals surface area contributed by atoms with Crippen LogP contribution in [0.25, 0.3) is 0 Å². The van der Waals surface area contributed by atoms with E-state index in [1.54, 1.807) is 13.2 Å². The van der Waals surface area contributed by atoms with E-state index in [1.165, 1.54) is 19.1 Å². The summed E-state index contributed by atoms with van der Waals surface area (Å²) in [4.78, 5) is 24.5. The number of para-hydroxylation sites is 1. The Labute approximate surface area is 166 Å². The fraction of sp³-hybridized carbons (Fsp3) is 0.222. The van der Waals surface area contributed by atoms with Gasteiger partial charge in [0.1, 0.15) is 5.75 Å². The largest absolute Gasteiger partial charge is 0.496 e. The van der Waals surface area contributed by atoms with Gasteiger partial charge in [0.05, 0.1) is 27.7 Å². The van der Waals surface area contributed by atoms with Crippen LogP contribution in [-0.2, 0) is 16.1 Å². The number of rotatable bonds is 6. The lowest BCUT2D eigenvalue weighted by molar-refractivity contribution is -0.129. The number of ether oxygens (including phenoxy) is 2. The molecule has 0 heterocycles. The number of carbonyl (C=O) groups is 2. The predicted octanol–water partition coefficient (Wildman–Crippen LogP) is 4.52. The highest BCUT2D eigenvalue weighted by Crippen LogP contribution is 2.32. The molecule has 5 nitrogen and oxygen atoms in total. The third-order valence-electron chi connectivity index (χ3n) is 3.55. The van der Waals surface area contributed by atoms with Crippen LogP contribution in [0.5, 0.6) is 5.75 Å². The first-order valence-corrected chi connectivity index (χ1v) is 8.72. The predicted molar refractivity (Wildman–Crippen MR) is 101 cm³/mol. The van der Waals surface area contributed by atoms with Crippen molar-refractivity contribution in [1.82, 2.24) is 5.32 Å². The Morgan fingerprint density at radius 2 is 1.73 bits per heavy atom. The van der Waals surface area contributed by atoms with Crippen LogP contribution >= 0.6 is 34.8 Å². The molecule has 1 unspecified atom stereocenters. The molecular formula is C18H16Cl3NO4. The molecule has 1 amide bonds. The zero-order valence-electron chi connectivity index (χ0n) is 14.0. The van der Waals surface area contributed by atoms with E-state index in [-0.39, 0.29) is 27.2 Å². The number of esters is 1. The van der Waals surface area contributed by atoms with Gasteiger partial charge < -0.3 is 14.8 Å². The summed E-state index contributed by atoms with van der Waals surface area (Å²) >= 11 is 17.9. The molecule has 2 aromatic carbocycles. The summed E-state index contributed by atoms with van der Waals surface area (Å²) in [6, 6.07) is 10.2. The van der Waals surface area contributed by atoms with Gasteiger partial charge in [0.2, 0.25) is 0 Å². The number of benzene rings is 2. The normalized spacial score (nSPS) is 11.6. The van der Waals surface area contributed by atoms with E-state index < -0.39 is 18.0 Å². The van der Waals surface area contributed by atoms with Crippen LogP contribution in [0.4, 0.5) is 0 Å². The highest BCUT2D eigenvalue weighted by Gasteiger charge is 2.24. The molecule has 0 bridgehead atoms. The van der Waals surface area contributed by atoms with Crippen molar-refractivity contribution in [3.63, 3.8) is 0 Å². The van der Waals surface area contributed by atoms with Crippen molar-refractivity contribution in [2.75, 3.05) is 7.11 Å². The molecule has 0 aromatic heterocycles. The molecule has 0 fully saturated rings. The summed E-state index contributed by atoms with van der Waals surface area (Å²) in [5, 5.41) is 2.91. The Balaban J connectivity index is 2.01. The molecular weight excluding hydrogens is 401 g/mol. The molecule has 8 heteroatoms. The van der Waals surface area contributed by atoms with Gasteiger partial charge in [-0.25, -0.2) is 4.79 Å². The smallest absolute Gasteiger partial charge is 0.342 e. The lowest BCUT2D eigenvalue weighted by atomic mass is 10.2. The zero-order valence-corrected chi connectivity index (χ0v) is 16.3. The quantitative estimate of drug-likeness (QED) is 0.555. The minimum absolute atomic E-state index is 0.0224. The highest BCUT2D eigenvalue weighted by atomic mass is 35.5. The van der Waals surface area contributed by atoms with Crippen LogP contribution < -0.4 is 10.1 Å². The van der Waals surface area contributed by atoms with Gasteiger partial charge in [0.25, 0.3) is 5.91 Å². The number of hydrogen-bond acceptors (Lipinski definition) is 4. The number of amides is 1. The summed E-state index contributed by atoms with van der Waals surface area (Å²) in [5.74, 6) is -0.657. The Kier molecular flexibility index (Phi) is 7.14. The van der Waals surface area contributed by atoms with Crippen LogP contribution in [0.15, 0.2) is 36.4 Å². The SMILES string of the molecule is COc1ccccc1CNC(=O)C(C)OC(=O)c1c(Cl)ccc(Cl)c1Cl. The van der Waals surface area contributed by atoms with Crippen LogP contribution in [0, 0.1) is 0 Å². The Morgan fingerprint density at radius 3 is 2.42 bits per heavy atom. The van der Waals surface area contributed by atoms with Gasteiger partial charge in [-0.15, -0.1) is 0 Å². The average molecular weight is 417 g/mol. The van der Waals surface area contributed by atoms with E-state index in [1.807, 2.05) is 18.2 Å². The van der Waals surface area contributed by atoms with Crippen molar-refractivity contribution in [3.05, 3.63) is 62.6 Å². The third-order valence-corrected chi connectivity index (χ3v) is 4.67. The fourth-order valence-electron chi connectivity index (χ4n) is 2.16. The molecule has 26 heavy (non-hydrogen) atoms. The van der Waals surface area contributed by atoms with Gasteiger partial charge in [-0.05, 0) is 25.1 Å². The summed E-state index contributed by atoms with van der Waals surface area (Å²) in [7, 11) is 1.55. The van der Waals surface area contributed by atoms with Crippen molar-refractivity contribution < 1.29 is 19.1 Å². The minimum atomic E-state index is -1.05. The molecule has 0 spiro atoms. The third kappa shape index (κ3) is 4.81. The Hall–Kier alpha value is -1.95. The molecule has 0 saturated heterocycles. The highest BCUT2D eigenvalue weighted by molar-refractivity contribution is 6.46. The Bertz CT molecular complexity index is 826. The average Bonchev–Trinajstić information content (AvgIpc) is 2.63. The lowest BCUT2D eigenvalue weighted by Gasteiger charge is -2.15. The van der Waals surface area contributed by atoms with E-state index in [4.69, 9.17) is 44.3 Å². The van der Waals surface area contributed by atoms with Gasteiger partial charge in [0, 0.05) is 12.1 Å². The molecule has 2 aromatic rings. The van der Waals surface area contributed by atoms with Crippen molar-refractivity contribution in [1.29, 1.82) is 0 Å². The summed E-state index contributed by atoms with van der Waals surface area (Å²) in [6.45, 7) is 1.67. The number of carbonyl (C=O) groups excluding carboxylic acids is 2. The van der Waals surface area contributed by atoms with Gasteiger partial charge >= 0.3 is 5.97 Å². The second kappa shape index (κ2) is 9.12. The van der Waals surface area contributed by atoms with E-state index in [0.29, 0.717) is 5.75 Å². The first kappa shape index (κ1) is 20.4. The van der Waals surface area contributed by atoms with Gasteiger partial charge in [-0.3, -0.25) is 4.79 Å². The number of hydrogen-bond donors (Lipinski definition) is 1. The first-order valence-electron chi connectivity index (χ1n) is 7.59. The van der Waals surface area contributed by atoms with E-state index in [0.717, 1.165) is 5.56 Å². The summed E-state index contributed by atoms with van der Waals surface area (Å²) in [5.41, 5.74) is 0.716. The molecule has 1 N–H and O–H groups in total. The molecule has 1 atom stereocenters. The van der Waals surface area contributed by atoms with E-state index >= 15 is 0 Å². The first-order chi connectivity index (χ1) is 12.3. The van der Waals surface area contributed by atoms with Crippen LogP contribution in [0.1, 0.15) is 22.8 Å². The summed E-state index contributed by atoms with van der Waals surface area (Å²) in [6.07, 6.45) is -1.05. The van der Waals surface area contributed by atoms with Crippen molar-refractivity contribution in [2.24, 2.45) is 0 Å². The van der Waals surface area contributed by atoms with Crippen molar-refractivity contribution in [3.8, 4) is 5.75 Å². The van der Waals surface area contributed by atoms with Crippen LogP contribution in [0.3, 0.4) is 0 Å². The number of methoxy groups -OCH3 is 1. The molecule has 0 radical (unpaired) electrons. The van der Waals surface area contributed by atoms with E-state index in [2.05, 4.69) is 5.32 Å². The van der Waals surface area contributed by atoms with Crippen LogP contribution in [-0.4, -0.2) is 25.1 Å². The maximum Gasteiger partial charge on any atom is 0.342 e. The van der Waals surface area contributed by atoms with Gasteiger partial charge in [-0.1, -0.05) is 53.0 Å². The second-order valence-corrected chi connectivity index (χ2v) is 6.49. The standard InChI is InChI=1S/C18H16Cl3NO4/c1-10(17(23)22-9-11-5-3-4-6-14(11)25-2)26-18(24)15-12(19)7-8-13(20)16(15)21/h3-8,10H,9H2,1-2H3,(H,22,23). The zero-order chi connectivity index (χ0) is 19.3. The van der Waals surface area contributed by atoms with Gasteiger partial charge in [-0.2, -0.15) is 0 Å². The topological polar surface area (TPSA) is 64.6 Å².